The second-order valence-corrected chi connectivity index (χ2v) is 14.6. The van der Waals surface area contributed by atoms with E-state index in [1.165, 1.54) is 11.3 Å². The molecule has 0 saturated heterocycles. The van der Waals surface area contributed by atoms with Crippen molar-refractivity contribution in [3.8, 4) is 0 Å². The van der Waals surface area contributed by atoms with Crippen molar-refractivity contribution in [3.05, 3.63) is 15.3 Å². The highest BCUT2D eigenvalue weighted by atomic mass is 35.5. The van der Waals surface area contributed by atoms with Gasteiger partial charge < -0.3 is 0 Å². The number of hydrogen-bond acceptors (Lipinski definition) is 3. The van der Waals surface area contributed by atoms with Crippen LogP contribution in [0.4, 0.5) is 0 Å². The van der Waals surface area contributed by atoms with Gasteiger partial charge in [0.1, 0.15) is 18.2 Å². The molecule has 0 bridgehead atoms. The van der Waals surface area contributed by atoms with E-state index in [1.807, 2.05) is 6.92 Å². The van der Waals surface area contributed by atoms with Crippen molar-refractivity contribution in [2.75, 3.05) is 0 Å². The minimum Gasteiger partial charge on any atom is -0.249 e. The van der Waals surface area contributed by atoms with Crippen LogP contribution in [-0.2, 0) is 9.92 Å². The molecule has 0 saturated carbocycles. The summed E-state index contributed by atoms with van der Waals surface area (Å²) in [6, 6.07) is 0. The molecule has 0 spiro atoms. The Morgan fingerprint density at radius 3 is 2.28 bits per heavy atom. The van der Waals surface area contributed by atoms with Crippen LogP contribution in [0.2, 0.25) is 22.5 Å². The highest BCUT2D eigenvalue weighted by Gasteiger charge is 2.38. The molecule has 0 aliphatic heterocycles. The highest BCUT2D eigenvalue weighted by Crippen LogP contribution is 2.36. The summed E-state index contributed by atoms with van der Waals surface area (Å²) in [4.78, 5) is 0.530. The fourth-order valence-electron chi connectivity index (χ4n) is 1.23. The number of halogens is 1. The predicted molar refractivity (Wildman–Crippen MR) is 83.5 cm³/mol. The summed E-state index contributed by atoms with van der Waals surface area (Å²) >= 11 is 7.32. The van der Waals surface area contributed by atoms with E-state index in [0.29, 0.717) is 9.23 Å². The van der Waals surface area contributed by atoms with Crippen molar-refractivity contribution in [2.24, 2.45) is 0 Å². The largest absolute Gasteiger partial charge is 0.249 e. The molecule has 0 radical (unpaired) electrons. The summed E-state index contributed by atoms with van der Waals surface area (Å²) in [7, 11) is -4.96. The van der Waals surface area contributed by atoms with Gasteiger partial charge in [-0.25, -0.2) is 13.4 Å². The SMILES string of the molecule is Cc1c(S(=N)(=O)N[Si](C)(C)C(C)(C)C)csc1Cl. The third-order valence-electron chi connectivity index (χ3n) is 3.52. The molecule has 0 aromatic carbocycles. The van der Waals surface area contributed by atoms with Gasteiger partial charge >= 0.3 is 0 Å². The second kappa shape index (κ2) is 4.90. The Morgan fingerprint density at radius 2 is 1.94 bits per heavy atom. The third kappa shape index (κ3) is 3.16. The maximum atomic E-state index is 12.6. The highest BCUT2D eigenvalue weighted by molar-refractivity contribution is 7.92. The van der Waals surface area contributed by atoms with Gasteiger partial charge in [-0.15, -0.1) is 11.3 Å². The van der Waals surface area contributed by atoms with Crippen LogP contribution in [-0.4, -0.2) is 12.4 Å². The van der Waals surface area contributed by atoms with Crippen LogP contribution in [0.1, 0.15) is 26.3 Å². The van der Waals surface area contributed by atoms with Crippen LogP contribution in [0.3, 0.4) is 0 Å². The first-order valence-corrected chi connectivity index (χ1v) is 11.5. The Morgan fingerprint density at radius 1 is 1.44 bits per heavy atom. The van der Waals surface area contributed by atoms with Gasteiger partial charge in [0.2, 0.25) is 0 Å². The van der Waals surface area contributed by atoms with Crippen molar-refractivity contribution < 1.29 is 4.21 Å². The molecule has 0 aliphatic carbocycles. The molecule has 1 aromatic rings. The topological polar surface area (TPSA) is 53.0 Å². The monoisotopic (exact) mass is 324 g/mol. The Balaban J connectivity index is 3.15. The number of nitrogens with one attached hydrogen (secondary N) is 2. The molecular formula is C11H21ClN2OS2Si. The van der Waals surface area contributed by atoms with Gasteiger partial charge in [0, 0.05) is 5.38 Å². The molecule has 0 fully saturated rings. The van der Waals surface area contributed by atoms with Gasteiger partial charge in [0.15, 0.2) is 0 Å². The molecule has 3 nitrogen and oxygen atoms in total. The molecule has 1 rings (SSSR count). The lowest BCUT2D eigenvalue weighted by Gasteiger charge is -2.37. The first-order chi connectivity index (χ1) is 7.88. The van der Waals surface area contributed by atoms with E-state index in [0.717, 1.165) is 5.56 Å². The quantitative estimate of drug-likeness (QED) is 0.783. The van der Waals surface area contributed by atoms with E-state index in [2.05, 4.69) is 38.3 Å². The van der Waals surface area contributed by atoms with Crippen molar-refractivity contribution in [1.82, 2.24) is 4.39 Å². The van der Waals surface area contributed by atoms with E-state index < -0.39 is 18.2 Å². The maximum absolute atomic E-state index is 12.6. The molecule has 7 heteroatoms. The van der Waals surface area contributed by atoms with Crippen LogP contribution in [0, 0.1) is 11.7 Å². The molecule has 1 atom stereocenters. The van der Waals surface area contributed by atoms with Gasteiger partial charge in [-0.05, 0) is 17.5 Å². The zero-order chi connectivity index (χ0) is 14.4. The van der Waals surface area contributed by atoms with Crippen LogP contribution >= 0.6 is 22.9 Å². The number of hydrogen-bond donors (Lipinski definition) is 2. The average molecular weight is 325 g/mol. The Kier molecular flexibility index (Phi) is 4.40. The summed E-state index contributed by atoms with van der Waals surface area (Å²) < 4.78 is 24.5. The van der Waals surface area contributed by atoms with Crippen LogP contribution < -0.4 is 4.39 Å². The fourth-order valence-corrected chi connectivity index (χ4v) is 8.02. The van der Waals surface area contributed by atoms with Crippen molar-refractivity contribution in [2.45, 2.75) is 50.7 Å². The van der Waals surface area contributed by atoms with Crippen molar-refractivity contribution >= 4 is 41.1 Å². The molecule has 2 N–H and O–H groups in total. The molecular weight excluding hydrogens is 304 g/mol. The first-order valence-electron chi connectivity index (χ1n) is 5.70. The van der Waals surface area contributed by atoms with Crippen LogP contribution in [0.5, 0.6) is 0 Å². The predicted octanol–water partition coefficient (Wildman–Crippen LogP) is 4.63. The smallest absolute Gasteiger partial charge is 0.140 e. The molecule has 1 heterocycles. The summed E-state index contributed by atoms with van der Waals surface area (Å²) in [5.74, 6) is 0. The zero-order valence-corrected chi connectivity index (χ0v) is 15.1. The summed E-state index contributed by atoms with van der Waals surface area (Å²) in [6.07, 6.45) is 0. The lowest BCUT2D eigenvalue weighted by molar-refractivity contribution is 0.664. The first kappa shape index (κ1) is 16.2. The van der Waals surface area contributed by atoms with Gasteiger partial charge in [0.25, 0.3) is 0 Å². The molecule has 0 amide bonds. The van der Waals surface area contributed by atoms with Crippen molar-refractivity contribution in [3.63, 3.8) is 0 Å². The van der Waals surface area contributed by atoms with Crippen molar-refractivity contribution in [1.29, 1.82) is 4.78 Å². The standard InChI is InChI=1S/C11H21ClN2OS2Si/c1-8-9(7-16-10(8)12)17(13,15)14-18(5,6)11(2,3)4/h7H,1-6H3,(H2,13,14,15). The van der Waals surface area contributed by atoms with Gasteiger partial charge in [-0.1, -0.05) is 45.5 Å². The maximum Gasteiger partial charge on any atom is 0.140 e. The minimum absolute atomic E-state index is 0.0322. The lowest BCUT2D eigenvalue weighted by atomic mass is 10.2. The molecule has 18 heavy (non-hydrogen) atoms. The van der Waals surface area contributed by atoms with E-state index in [1.54, 1.807) is 5.38 Å². The second-order valence-electron chi connectivity index (χ2n) is 6.03. The summed E-state index contributed by atoms with van der Waals surface area (Å²) in [5, 5.41) is 1.76. The Labute approximate surface area is 120 Å². The third-order valence-corrected chi connectivity index (χ3v) is 13.1. The Bertz CT molecular complexity index is 544. The van der Waals surface area contributed by atoms with E-state index in [-0.39, 0.29) is 5.04 Å². The molecule has 1 aromatic heterocycles. The Hall–Kier alpha value is 0.117. The molecule has 104 valence electrons. The van der Waals surface area contributed by atoms with Crippen LogP contribution in [0.15, 0.2) is 10.3 Å². The average Bonchev–Trinajstić information content (AvgIpc) is 2.44. The van der Waals surface area contributed by atoms with Gasteiger partial charge in [-0.3, -0.25) is 0 Å². The summed E-state index contributed by atoms with van der Waals surface area (Å²) in [5.41, 5.74) is 0.757. The molecule has 1 unspecified atom stereocenters. The minimum atomic E-state index is -2.97. The zero-order valence-electron chi connectivity index (χ0n) is 11.7. The number of rotatable bonds is 3. The lowest BCUT2D eigenvalue weighted by Crippen LogP contribution is -2.54. The van der Waals surface area contributed by atoms with Crippen LogP contribution in [0.25, 0.3) is 0 Å². The normalized spacial score (nSPS) is 16.6. The fraction of sp³-hybridized carbons (Fsp3) is 0.636. The van der Waals surface area contributed by atoms with Gasteiger partial charge in [0.05, 0.1) is 9.23 Å². The number of thiophene rings is 1. The van der Waals surface area contributed by atoms with E-state index in [9.17, 15) is 4.21 Å². The molecule has 0 aliphatic rings. The van der Waals surface area contributed by atoms with Gasteiger partial charge in [-0.2, -0.15) is 0 Å². The van der Waals surface area contributed by atoms with E-state index in [4.69, 9.17) is 16.4 Å². The summed E-state index contributed by atoms with van der Waals surface area (Å²) in [6.45, 7) is 12.4. The van der Waals surface area contributed by atoms with E-state index >= 15 is 0 Å².